The molecule has 2 amide bonds. The summed E-state index contributed by atoms with van der Waals surface area (Å²) in [7, 11) is 1.58. The summed E-state index contributed by atoms with van der Waals surface area (Å²) in [6.07, 6.45) is 0.383. The lowest BCUT2D eigenvalue weighted by molar-refractivity contribution is -0.123. The predicted octanol–water partition coefficient (Wildman–Crippen LogP) is -0.373. The summed E-state index contributed by atoms with van der Waals surface area (Å²) < 4.78 is 0. The van der Waals surface area contributed by atoms with E-state index in [1.54, 1.807) is 7.05 Å². The Bertz CT molecular complexity index is 221. The molecule has 88 valence electrons. The molecule has 0 aromatic rings. The Balaban J connectivity index is 3.52. The Kier molecular flexibility index (Phi) is 5.93. The molecule has 0 aromatic heterocycles. The van der Waals surface area contributed by atoms with Gasteiger partial charge in [-0.3, -0.25) is 9.59 Å². The molecule has 0 aliphatic carbocycles. The van der Waals surface area contributed by atoms with Crippen molar-refractivity contribution in [2.75, 3.05) is 20.1 Å². The van der Waals surface area contributed by atoms with Crippen LogP contribution in [0, 0.1) is 0 Å². The second kappa shape index (κ2) is 6.40. The lowest BCUT2D eigenvalue weighted by atomic mass is 10.1. The van der Waals surface area contributed by atoms with Crippen LogP contribution in [0.1, 0.15) is 27.2 Å². The highest BCUT2D eigenvalue weighted by atomic mass is 16.2. The van der Waals surface area contributed by atoms with Crippen LogP contribution in [0.3, 0.4) is 0 Å². The standard InChI is InChI=1S/C10H21N3O2/c1-10(2,3)13-8(14)5-6-12-7-9(15)11-4/h12H,5-7H2,1-4H3,(H,11,15)(H,13,14). The number of likely N-dealkylation sites (N-methyl/N-ethyl adjacent to an activating group) is 1. The van der Waals surface area contributed by atoms with Crippen LogP contribution < -0.4 is 16.0 Å². The average Bonchev–Trinajstić information content (AvgIpc) is 2.09. The van der Waals surface area contributed by atoms with Gasteiger partial charge in [-0.15, -0.1) is 0 Å². The molecule has 0 atom stereocenters. The van der Waals surface area contributed by atoms with Crippen molar-refractivity contribution in [3.63, 3.8) is 0 Å². The minimum absolute atomic E-state index is 0.00749. The molecule has 0 bridgehead atoms. The predicted molar refractivity (Wildman–Crippen MR) is 59.4 cm³/mol. The number of rotatable bonds is 5. The van der Waals surface area contributed by atoms with Crippen molar-refractivity contribution in [1.82, 2.24) is 16.0 Å². The third-order valence-corrected chi connectivity index (χ3v) is 1.61. The molecule has 0 radical (unpaired) electrons. The molecule has 5 heteroatoms. The van der Waals surface area contributed by atoms with Gasteiger partial charge in [0.1, 0.15) is 0 Å². The van der Waals surface area contributed by atoms with Crippen LogP contribution in [0.4, 0.5) is 0 Å². The van der Waals surface area contributed by atoms with E-state index in [9.17, 15) is 9.59 Å². The highest BCUT2D eigenvalue weighted by molar-refractivity contribution is 5.78. The SMILES string of the molecule is CNC(=O)CNCCC(=O)NC(C)(C)C. The van der Waals surface area contributed by atoms with Crippen LogP contribution in [-0.4, -0.2) is 37.5 Å². The molecular formula is C10H21N3O2. The smallest absolute Gasteiger partial charge is 0.233 e. The monoisotopic (exact) mass is 215 g/mol. The van der Waals surface area contributed by atoms with E-state index in [0.29, 0.717) is 13.0 Å². The quantitative estimate of drug-likeness (QED) is 0.548. The van der Waals surface area contributed by atoms with Crippen molar-refractivity contribution in [1.29, 1.82) is 0 Å². The minimum Gasteiger partial charge on any atom is -0.358 e. The topological polar surface area (TPSA) is 70.2 Å². The molecule has 5 nitrogen and oxygen atoms in total. The molecule has 3 N–H and O–H groups in total. The largest absolute Gasteiger partial charge is 0.358 e. The van der Waals surface area contributed by atoms with Crippen molar-refractivity contribution in [3.05, 3.63) is 0 Å². The molecular weight excluding hydrogens is 194 g/mol. The highest BCUT2D eigenvalue weighted by Gasteiger charge is 2.12. The molecule has 0 saturated carbocycles. The zero-order valence-corrected chi connectivity index (χ0v) is 9.94. The summed E-state index contributed by atoms with van der Waals surface area (Å²) in [6, 6.07) is 0. The van der Waals surface area contributed by atoms with Gasteiger partial charge in [0.2, 0.25) is 11.8 Å². The number of hydrogen-bond donors (Lipinski definition) is 3. The summed E-state index contributed by atoms with van der Waals surface area (Å²) >= 11 is 0. The summed E-state index contributed by atoms with van der Waals surface area (Å²) in [5.74, 6) is -0.0851. The number of amides is 2. The first kappa shape index (κ1) is 13.9. The van der Waals surface area contributed by atoms with Gasteiger partial charge in [-0.1, -0.05) is 0 Å². The van der Waals surface area contributed by atoms with E-state index >= 15 is 0 Å². The third kappa shape index (κ3) is 9.21. The van der Waals surface area contributed by atoms with E-state index in [2.05, 4.69) is 16.0 Å². The Morgan fingerprint density at radius 2 is 1.73 bits per heavy atom. The van der Waals surface area contributed by atoms with Gasteiger partial charge in [0.15, 0.2) is 0 Å². The van der Waals surface area contributed by atoms with Gasteiger partial charge in [0, 0.05) is 25.6 Å². The molecule has 0 aliphatic rings. The second-order valence-corrected chi connectivity index (χ2v) is 4.40. The van der Waals surface area contributed by atoms with Crippen molar-refractivity contribution in [3.8, 4) is 0 Å². The molecule has 0 aliphatic heterocycles. The molecule has 0 rings (SSSR count). The van der Waals surface area contributed by atoms with Crippen molar-refractivity contribution in [2.45, 2.75) is 32.7 Å². The van der Waals surface area contributed by atoms with Crippen LogP contribution in [0.2, 0.25) is 0 Å². The number of nitrogens with one attached hydrogen (secondary N) is 3. The average molecular weight is 215 g/mol. The molecule has 0 unspecified atom stereocenters. The van der Waals surface area contributed by atoms with Crippen molar-refractivity contribution in [2.24, 2.45) is 0 Å². The Hall–Kier alpha value is -1.10. The Morgan fingerprint density at radius 3 is 2.20 bits per heavy atom. The minimum atomic E-state index is -0.197. The van der Waals surface area contributed by atoms with E-state index in [1.807, 2.05) is 20.8 Å². The number of carbonyl (C=O) groups is 2. The highest BCUT2D eigenvalue weighted by Crippen LogP contribution is 1.98. The Morgan fingerprint density at radius 1 is 1.13 bits per heavy atom. The van der Waals surface area contributed by atoms with Crippen LogP contribution in [-0.2, 0) is 9.59 Å². The molecule has 0 heterocycles. The zero-order valence-electron chi connectivity index (χ0n) is 9.94. The molecule has 0 saturated heterocycles. The van der Waals surface area contributed by atoms with Gasteiger partial charge >= 0.3 is 0 Å². The zero-order chi connectivity index (χ0) is 11.9. The van der Waals surface area contributed by atoms with E-state index in [0.717, 1.165) is 0 Å². The van der Waals surface area contributed by atoms with Crippen LogP contribution in [0.15, 0.2) is 0 Å². The first-order chi connectivity index (χ1) is 6.85. The summed E-state index contributed by atoms with van der Waals surface area (Å²) in [4.78, 5) is 22.1. The number of carbonyl (C=O) groups excluding carboxylic acids is 2. The summed E-state index contributed by atoms with van der Waals surface area (Å²) in [5.41, 5.74) is -0.197. The molecule has 0 fully saturated rings. The van der Waals surface area contributed by atoms with Crippen LogP contribution in [0.5, 0.6) is 0 Å². The maximum atomic E-state index is 11.3. The third-order valence-electron chi connectivity index (χ3n) is 1.61. The maximum absolute atomic E-state index is 11.3. The fourth-order valence-electron chi connectivity index (χ4n) is 0.973. The fourth-order valence-corrected chi connectivity index (χ4v) is 0.973. The first-order valence-corrected chi connectivity index (χ1v) is 5.07. The first-order valence-electron chi connectivity index (χ1n) is 5.07. The van der Waals surface area contributed by atoms with Crippen molar-refractivity contribution < 1.29 is 9.59 Å². The molecule has 15 heavy (non-hydrogen) atoms. The molecule has 0 spiro atoms. The van der Waals surface area contributed by atoms with Gasteiger partial charge in [-0.05, 0) is 20.8 Å². The maximum Gasteiger partial charge on any atom is 0.233 e. The van der Waals surface area contributed by atoms with Gasteiger partial charge in [0.05, 0.1) is 6.54 Å². The van der Waals surface area contributed by atoms with Crippen LogP contribution >= 0.6 is 0 Å². The van der Waals surface area contributed by atoms with Crippen LogP contribution in [0.25, 0.3) is 0 Å². The van der Waals surface area contributed by atoms with Gasteiger partial charge in [-0.25, -0.2) is 0 Å². The van der Waals surface area contributed by atoms with Crippen molar-refractivity contribution >= 4 is 11.8 Å². The summed E-state index contributed by atoms with van der Waals surface area (Å²) in [6.45, 7) is 6.56. The molecule has 0 aromatic carbocycles. The Labute approximate surface area is 91.0 Å². The lowest BCUT2D eigenvalue weighted by Crippen LogP contribution is -2.42. The number of hydrogen-bond acceptors (Lipinski definition) is 3. The lowest BCUT2D eigenvalue weighted by Gasteiger charge is -2.20. The van der Waals surface area contributed by atoms with Gasteiger partial charge < -0.3 is 16.0 Å². The normalized spacial score (nSPS) is 10.9. The van der Waals surface area contributed by atoms with Gasteiger partial charge in [0.25, 0.3) is 0 Å². The van der Waals surface area contributed by atoms with E-state index in [1.165, 1.54) is 0 Å². The van der Waals surface area contributed by atoms with E-state index in [-0.39, 0.29) is 23.9 Å². The van der Waals surface area contributed by atoms with E-state index < -0.39 is 0 Å². The fraction of sp³-hybridized carbons (Fsp3) is 0.800. The van der Waals surface area contributed by atoms with Gasteiger partial charge in [-0.2, -0.15) is 0 Å². The second-order valence-electron chi connectivity index (χ2n) is 4.40. The summed E-state index contributed by atoms with van der Waals surface area (Å²) in [5, 5.41) is 8.21. The van der Waals surface area contributed by atoms with E-state index in [4.69, 9.17) is 0 Å².